The van der Waals surface area contributed by atoms with Crippen molar-refractivity contribution >= 4 is 25.8 Å². The maximum absolute atomic E-state index is 12.2. The highest BCUT2D eigenvalue weighted by molar-refractivity contribution is 9.10. The fraction of sp³-hybridized carbons (Fsp3) is 0.364. The molecule has 1 aromatic rings. The van der Waals surface area contributed by atoms with Crippen molar-refractivity contribution in [2.24, 2.45) is 0 Å². The first-order valence-electron chi connectivity index (χ1n) is 4.75. The van der Waals surface area contributed by atoms with Gasteiger partial charge in [-0.2, -0.15) is 5.26 Å². The van der Waals surface area contributed by atoms with Gasteiger partial charge < -0.3 is 4.74 Å². The zero-order chi connectivity index (χ0) is 13.3. The van der Waals surface area contributed by atoms with Crippen LogP contribution in [0.1, 0.15) is 13.8 Å². The molecule has 0 unspecified atom stereocenters. The first-order valence-corrected chi connectivity index (χ1v) is 7.03. The molecule has 0 aromatic heterocycles. The topological polar surface area (TPSA) is 67.2 Å². The molecule has 0 N–H and O–H groups in total. The summed E-state index contributed by atoms with van der Waals surface area (Å²) in [4.78, 5) is 0.0942. The van der Waals surface area contributed by atoms with Crippen molar-refractivity contribution in [1.29, 1.82) is 5.26 Å². The minimum atomic E-state index is -3.68. The maximum Gasteiger partial charge on any atom is 0.196 e. The van der Waals surface area contributed by atoms with E-state index in [0.29, 0.717) is 10.2 Å². The Labute approximate surface area is 109 Å². The van der Waals surface area contributed by atoms with E-state index in [1.165, 1.54) is 33.1 Å². The lowest BCUT2D eigenvalue weighted by Crippen LogP contribution is -2.29. The lowest BCUT2D eigenvalue weighted by atomic mass is 10.2. The molecule has 0 atom stereocenters. The molecule has 0 aliphatic rings. The molecule has 0 heterocycles. The standard InChI is InChI=1S/C11H12BrNO3S/c1-11(2,7-13)17(14,15)8-4-5-10(16-3)9(12)6-8/h4-6H,1-3H3. The number of rotatable bonds is 3. The van der Waals surface area contributed by atoms with Crippen molar-refractivity contribution in [3.8, 4) is 11.8 Å². The minimum Gasteiger partial charge on any atom is -0.496 e. The number of nitriles is 1. The Morgan fingerprint density at radius 3 is 2.41 bits per heavy atom. The summed E-state index contributed by atoms with van der Waals surface area (Å²) in [5.41, 5.74) is 0. The summed E-state index contributed by atoms with van der Waals surface area (Å²) in [6, 6.07) is 6.21. The van der Waals surface area contributed by atoms with E-state index in [4.69, 9.17) is 10.00 Å². The van der Waals surface area contributed by atoms with Crippen molar-refractivity contribution in [3.63, 3.8) is 0 Å². The molecule has 6 heteroatoms. The first kappa shape index (κ1) is 14.0. The van der Waals surface area contributed by atoms with E-state index in [1.807, 2.05) is 0 Å². The Morgan fingerprint density at radius 2 is 2.00 bits per heavy atom. The third-order valence-corrected chi connectivity index (χ3v) is 5.30. The summed E-state index contributed by atoms with van der Waals surface area (Å²) >= 11 is 3.22. The molecule has 4 nitrogen and oxygen atoms in total. The SMILES string of the molecule is COc1ccc(S(=O)(=O)C(C)(C)C#N)cc1Br. The molecule has 0 aliphatic heterocycles. The average molecular weight is 318 g/mol. The summed E-state index contributed by atoms with van der Waals surface area (Å²) in [7, 11) is -2.19. The van der Waals surface area contributed by atoms with Crippen LogP contribution in [0, 0.1) is 11.3 Å². The summed E-state index contributed by atoms with van der Waals surface area (Å²) in [6.45, 7) is 2.75. The number of sulfone groups is 1. The molecule has 1 rings (SSSR count). The third-order valence-electron chi connectivity index (χ3n) is 2.37. The average Bonchev–Trinajstić information content (AvgIpc) is 2.28. The van der Waals surface area contributed by atoms with Crippen LogP contribution in [0.2, 0.25) is 0 Å². The van der Waals surface area contributed by atoms with E-state index in [1.54, 1.807) is 12.1 Å². The lowest BCUT2D eigenvalue weighted by molar-refractivity contribution is 0.411. The van der Waals surface area contributed by atoms with Crippen LogP contribution >= 0.6 is 15.9 Å². The van der Waals surface area contributed by atoms with Crippen LogP contribution in [-0.4, -0.2) is 20.3 Å². The second kappa shape index (κ2) is 4.67. The lowest BCUT2D eigenvalue weighted by Gasteiger charge is -2.17. The number of halogens is 1. The Kier molecular flexibility index (Phi) is 3.84. The van der Waals surface area contributed by atoms with Gasteiger partial charge in [0, 0.05) is 0 Å². The number of hydrogen-bond donors (Lipinski definition) is 0. The normalized spacial score (nSPS) is 11.9. The van der Waals surface area contributed by atoms with Crippen LogP contribution in [0.4, 0.5) is 0 Å². The van der Waals surface area contributed by atoms with Gasteiger partial charge in [0.1, 0.15) is 5.75 Å². The molecular weight excluding hydrogens is 306 g/mol. The quantitative estimate of drug-likeness (QED) is 0.859. The van der Waals surface area contributed by atoms with Gasteiger partial charge in [0.15, 0.2) is 14.6 Å². The zero-order valence-corrected chi connectivity index (χ0v) is 12.1. The van der Waals surface area contributed by atoms with E-state index in [-0.39, 0.29) is 4.90 Å². The first-order chi connectivity index (χ1) is 7.76. The molecule has 0 radical (unpaired) electrons. The highest BCUT2D eigenvalue weighted by Crippen LogP contribution is 2.31. The molecule has 0 spiro atoms. The number of nitrogens with zero attached hydrogens (tertiary/aromatic N) is 1. The van der Waals surface area contributed by atoms with Crippen molar-refractivity contribution in [2.45, 2.75) is 23.5 Å². The second-order valence-electron chi connectivity index (χ2n) is 3.92. The molecular formula is C11H12BrNO3S. The summed E-state index contributed by atoms with van der Waals surface area (Å²) in [5, 5.41) is 8.90. The summed E-state index contributed by atoms with van der Waals surface area (Å²) in [5.74, 6) is 0.540. The van der Waals surface area contributed by atoms with Gasteiger partial charge in [0.05, 0.1) is 22.5 Å². The van der Waals surface area contributed by atoms with Crippen LogP contribution in [0.15, 0.2) is 27.6 Å². The van der Waals surface area contributed by atoms with Gasteiger partial charge in [-0.15, -0.1) is 0 Å². The fourth-order valence-electron chi connectivity index (χ4n) is 1.17. The Morgan fingerprint density at radius 1 is 1.41 bits per heavy atom. The highest BCUT2D eigenvalue weighted by Gasteiger charge is 2.36. The molecule has 0 saturated heterocycles. The third kappa shape index (κ3) is 2.45. The van der Waals surface area contributed by atoms with E-state index in [2.05, 4.69) is 15.9 Å². The van der Waals surface area contributed by atoms with E-state index >= 15 is 0 Å². The molecule has 92 valence electrons. The van der Waals surface area contributed by atoms with Crippen LogP contribution in [0.3, 0.4) is 0 Å². The van der Waals surface area contributed by atoms with E-state index < -0.39 is 14.6 Å². The van der Waals surface area contributed by atoms with Crippen LogP contribution < -0.4 is 4.74 Å². The van der Waals surface area contributed by atoms with Gasteiger partial charge >= 0.3 is 0 Å². The second-order valence-corrected chi connectivity index (χ2v) is 7.28. The molecule has 0 aliphatic carbocycles. The van der Waals surface area contributed by atoms with Gasteiger partial charge in [-0.05, 0) is 48.0 Å². The van der Waals surface area contributed by atoms with Crippen LogP contribution in [0.25, 0.3) is 0 Å². The van der Waals surface area contributed by atoms with Gasteiger partial charge in [0.25, 0.3) is 0 Å². The minimum absolute atomic E-state index is 0.0942. The fourth-order valence-corrected chi connectivity index (χ4v) is 3.09. The van der Waals surface area contributed by atoms with Gasteiger partial charge in [-0.3, -0.25) is 0 Å². The van der Waals surface area contributed by atoms with Crippen LogP contribution in [-0.2, 0) is 9.84 Å². The van der Waals surface area contributed by atoms with E-state index in [9.17, 15) is 8.42 Å². The van der Waals surface area contributed by atoms with Crippen molar-refractivity contribution in [2.75, 3.05) is 7.11 Å². The highest BCUT2D eigenvalue weighted by atomic mass is 79.9. The largest absolute Gasteiger partial charge is 0.496 e. The predicted molar refractivity (Wildman–Crippen MR) is 67.6 cm³/mol. The Bertz CT molecular complexity index is 573. The number of hydrogen-bond acceptors (Lipinski definition) is 4. The Hall–Kier alpha value is -1.06. The molecule has 0 bridgehead atoms. The maximum atomic E-state index is 12.2. The number of ether oxygens (including phenoxy) is 1. The number of benzene rings is 1. The van der Waals surface area contributed by atoms with Crippen molar-refractivity contribution in [1.82, 2.24) is 0 Å². The number of methoxy groups -OCH3 is 1. The van der Waals surface area contributed by atoms with Crippen LogP contribution in [0.5, 0.6) is 5.75 Å². The molecule has 17 heavy (non-hydrogen) atoms. The van der Waals surface area contributed by atoms with Crippen molar-refractivity contribution in [3.05, 3.63) is 22.7 Å². The molecule has 0 saturated carbocycles. The molecule has 1 aromatic carbocycles. The smallest absolute Gasteiger partial charge is 0.196 e. The van der Waals surface area contributed by atoms with Gasteiger partial charge in [0.2, 0.25) is 0 Å². The monoisotopic (exact) mass is 317 g/mol. The molecule has 0 fully saturated rings. The molecule has 0 amide bonds. The van der Waals surface area contributed by atoms with Gasteiger partial charge in [-0.1, -0.05) is 0 Å². The zero-order valence-electron chi connectivity index (χ0n) is 9.69. The van der Waals surface area contributed by atoms with Gasteiger partial charge in [-0.25, -0.2) is 8.42 Å². The predicted octanol–water partition coefficient (Wildman–Crippen LogP) is 2.53. The van der Waals surface area contributed by atoms with E-state index in [0.717, 1.165) is 0 Å². The Balaban J connectivity index is 3.38. The summed E-state index contributed by atoms with van der Waals surface area (Å²) < 4.78 is 28.4. The van der Waals surface area contributed by atoms with Crippen molar-refractivity contribution < 1.29 is 13.2 Å². The summed E-state index contributed by atoms with van der Waals surface area (Å²) in [6.07, 6.45) is 0.